The van der Waals surface area contributed by atoms with Crippen molar-refractivity contribution in [3.05, 3.63) is 5.51 Å². The topological polar surface area (TPSA) is 78.1 Å². The number of aromatic nitrogens is 2. The number of rotatable bonds is 5. The quantitative estimate of drug-likeness (QED) is 0.625. The van der Waals surface area contributed by atoms with E-state index in [1.54, 1.807) is 5.51 Å². The molecule has 1 aliphatic carbocycles. The van der Waals surface area contributed by atoms with Gasteiger partial charge in [-0.3, -0.25) is 4.79 Å². The summed E-state index contributed by atoms with van der Waals surface area (Å²) in [5.74, 6) is 0.423. The number of methoxy groups -OCH3 is 1. The van der Waals surface area contributed by atoms with E-state index in [2.05, 4.69) is 10.2 Å². The average Bonchev–Trinajstić information content (AvgIpc) is 3.03. The highest BCUT2D eigenvalue weighted by Crippen LogP contribution is 2.41. The number of carbonyl (C=O) groups excluding carboxylic acids is 1. The maximum atomic E-state index is 11.7. The van der Waals surface area contributed by atoms with Gasteiger partial charge in [0.25, 0.3) is 0 Å². The molecule has 2 N–H and O–H groups in total. The Labute approximate surface area is 102 Å². The van der Waals surface area contributed by atoms with E-state index in [0.717, 1.165) is 17.2 Å². The van der Waals surface area contributed by atoms with Gasteiger partial charge in [0.1, 0.15) is 11.0 Å². The molecule has 1 heterocycles. The Morgan fingerprint density at radius 1 is 1.81 bits per heavy atom. The van der Waals surface area contributed by atoms with Crippen LogP contribution in [0.25, 0.3) is 0 Å². The van der Waals surface area contributed by atoms with Crippen LogP contribution in [0.15, 0.2) is 9.85 Å². The number of hydrogen-bond acceptors (Lipinski definition) is 7. The van der Waals surface area contributed by atoms with Crippen molar-refractivity contribution in [2.45, 2.75) is 22.7 Å². The summed E-state index contributed by atoms with van der Waals surface area (Å²) in [5.41, 5.74) is 6.93. The highest BCUT2D eigenvalue weighted by molar-refractivity contribution is 8.01. The largest absolute Gasteiger partial charge is 0.468 e. The molecule has 0 saturated heterocycles. The summed E-state index contributed by atoms with van der Waals surface area (Å²) in [6, 6.07) is 0. The molecule has 5 nitrogen and oxygen atoms in total. The molecule has 0 amide bonds. The molecular formula is C9H13N3O2S2. The van der Waals surface area contributed by atoms with E-state index in [-0.39, 0.29) is 11.9 Å². The fourth-order valence-electron chi connectivity index (χ4n) is 1.54. The minimum Gasteiger partial charge on any atom is -0.468 e. The van der Waals surface area contributed by atoms with Gasteiger partial charge < -0.3 is 10.5 Å². The summed E-state index contributed by atoms with van der Waals surface area (Å²) < 4.78 is 5.61. The third-order valence-electron chi connectivity index (χ3n) is 2.65. The summed E-state index contributed by atoms with van der Waals surface area (Å²) in [6.45, 7) is 0. The van der Waals surface area contributed by atoms with Crippen LogP contribution in [-0.4, -0.2) is 34.6 Å². The number of carbonyl (C=O) groups is 1. The second kappa shape index (κ2) is 4.68. The van der Waals surface area contributed by atoms with Gasteiger partial charge in [-0.15, -0.1) is 10.2 Å². The molecule has 1 fully saturated rings. The zero-order valence-electron chi connectivity index (χ0n) is 8.88. The van der Waals surface area contributed by atoms with Crippen LogP contribution in [0.2, 0.25) is 0 Å². The third-order valence-corrected chi connectivity index (χ3v) is 4.72. The van der Waals surface area contributed by atoms with E-state index < -0.39 is 5.54 Å². The smallest absolute Gasteiger partial charge is 0.327 e. The first kappa shape index (κ1) is 11.8. The Bertz CT molecular complexity index is 367. The van der Waals surface area contributed by atoms with E-state index in [1.807, 2.05) is 0 Å². The lowest BCUT2D eigenvalue weighted by Gasteiger charge is -2.25. The van der Waals surface area contributed by atoms with Crippen LogP contribution < -0.4 is 5.73 Å². The van der Waals surface area contributed by atoms with Gasteiger partial charge in [0, 0.05) is 5.75 Å². The lowest BCUT2D eigenvalue weighted by molar-refractivity contribution is -0.146. The summed E-state index contributed by atoms with van der Waals surface area (Å²) >= 11 is 2.91. The minimum atomic E-state index is -0.870. The Morgan fingerprint density at radius 2 is 2.56 bits per heavy atom. The molecular weight excluding hydrogens is 246 g/mol. The highest BCUT2D eigenvalue weighted by Gasteiger charge is 2.49. The number of nitrogens with zero attached hydrogens (tertiary/aromatic N) is 2. The van der Waals surface area contributed by atoms with Crippen LogP contribution in [0.1, 0.15) is 12.8 Å². The number of hydrogen-bond donors (Lipinski definition) is 1. The number of nitrogens with two attached hydrogens (primary N) is 1. The van der Waals surface area contributed by atoms with E-state index >= 15 is 0 Å². The molecule has 0 radical (unpaired) electrons. The second-order valence-corrected chi connectivity index (χ2v) is 5.86. The first-order valence-corrected chi connectivity index (χ1v) is 6.79. The Hall–Kier alpha value is -0.660. The molecule has 1 atom stereocenters. The monoisotopic (exact) mass is 259 g/mol. The van der Waals surface area contributed by atoms with Crippen LogP contribution in [-0.2, 0) is 9.53 Å². The fraction of sp³-hybridized carbons (Fsp3) is 0.667. The SMILES string of the molecule is COC(=O)C(N)(CSc1nncs1)C1CC1. The summed E-state index contributed by atoms with van der Waals surface area (Å²) in [5, 5.41) is 7.65. The molecule has 88 valence electrons. The molecule has 2 rings (SSSR count). The van der Waals surface area contributed by atoms with Crippen molar-refractivity contribution >= 4 is 29.1 Å². The highest BCUT2D eigenvalue weighted by atomic mass is 32.2. The van der Waals surface area contributed by atoms with Crippen molar-refractivity contribution < 1.29 is 9.53 Å². The van der Waals surface area contributed by atoms with E-state index in [0.29, 0.717) is 5.75 Å². The van der Waals surface area contributed by atoms with Crippen molar-refractivity contribution in [1.29, 1.82) is 0 Å². The molecule has 0 bridgehead atoms. The standard InChI is InChI=1S/C9H13N3O2S2/c1-14-7(13)9(10,6-2-3-6)4-15-8-12-11-5-16-8/h5-6H,2-4,10H2,1H3. The van der Waals surface area contributed by atoms with Gasteiger partial charge in [0.15, 0.2) is 4.34 Å². The van der Waals surface area contributed by atoms with Crippen LogP contribution in [0, 0.1) is 5.92 Å². The minimum absolute atomic E-state index is 0.250. The Balaban J connectivity index is 2.00. The van der Waals surface area contributed by atoms with Crippen LogP contribution in [0.4, 0.5) is 0 Å². The number of ether oxygens (including phenoxy) is 1. The molecule has 16 heavy (non-hydrogen) atoms. The lowest BCUT2D eigenvalue weighted by atomic mass is 9.97. The molecule has 0 aliphatic heterocycles. The van der Waals surface area contributed by atoms with Crippen LogP contribution >= 0.6 is 23.1 Å². The maximum Gasteiger partial charge on any atom is 0.327 e. The third kappa shape index (κ3) is 2.36. The first-order chi connectivity index (χ1) is 7.66. The zero-order chi connectivity index (χ0) is 11.6. The number of esters is 1. The fourth-order valence-corrected chi connectivity index (χ4v) is 3.22. The maximum absolute atomic E-state index is 11.7. The van der Waals surface area contributed by atoms with Gasteiger partial charge in [0.2, 0.25) is 0 Å². The van der Waals surface area contributed by atoms with Gasteiger partial charge >= 0.3 is 5.97 Å². The van der Waals surface area contributed by atoms with Gasteiger partial charge in [-0.2, -0.15) is 0 Å². The average molecular weight is 259 g/mol. The van der Waals surface area contributed by atoms with Gasteiger partial charge in [-0.1, -0.05) is 23.1 Å². The second-order valence-electron chi connectivity index (χ2n) is 3.80. The molecule has 0 spiro atoms. The normalized spacial score (nSPS) is 19.1. The Kier molecular flexibility index (Phi) is 3.46. The molecule has 1 aromatic heterocycles. The van der Waals surface area contributed by atoms with E-state index in [9.17, 15) is 4.79 Å². The first-order valence-electron chi connectivity index (χ1n) is 4.93. The summed E-state index contributed by atoms with van der Waals surface area (Å²) in [4.78, 5) is 11.7. The summed E-state index contributed by atoms with van der Waals surface area (Å²) in [6.07, 6.45) is 2.00. The van der Waals surface area contributed by atoms with E-state index in [1.165, 1.54) is 30.2 Å². The van der Waals surface area contributed by atoms with Gasteiger partial charge in [-0.05, 0) is 18.8 Å². The summed E-state index contributed by atoms with van der Waals surface area (Å²) in [7, 11) is 1.38. The van der Waals surface area contributed by atoms with E-state index in [4.69, 9.17) is 10.5 Å². The zero-order valence-corrected chi connectivity index (χ0v) is 10.5. The Morgan fingerprint density at radius 3 is 3.06 bits per heavy atom. The van der Waals surface area contributed by atoms with Crippen LogP contribution in [0.5, 0.6) is 0 Å². The molecule has 7 heteroatoms. The molecule has 1 unspecified atom stereocenters. The van der Waals surface area contributed by atoms with Crippen molar-refractivity contribution in [1.82, 2.24) is 10.2 Å². The van der Waals surface area contributed by atoms with Crippen molar-refractivity contribution in [3.8, 4) is 0 Å². The molecule has 0 aromatic carbocycles. The van der Waals surface area contributed by atoms with Crippen molar-refractivity contribution in [2.75, 3.05) is 12.9 Å². The van der Waals surface area contributed by atoms with Gasteiger partial charge in [-0.25, -0.2) is 0 Å². The predicted molar refractivity (Wildman–Crippen MR) is 62.3 cm³/mol. The molecule has 1 aliphatic rings. The van der Waals surface area contributed by atoms with Gasteiger partial charge in [0.05, 0.1) is 7.11 Å². The van der Waals surface area contributed by atoms with Crippen LogP contribution in [0.3, 0.4) is 0 Å². The molecule has 1 aromatic rings. The van der Waals surface area contributed by atoms with Crippen molar-refractivity contribution in [2.24, 2.45) is 11.7 Å². The predicted octanol–water partition coefficient (Wildman–Crippen LogP) is 0.911. The lowest BCUT2D eigenvalue weighted by Crippen LogP contribution is -2.53. The van der Waals surface area contributed by atoms with Crippen molar-refractivity contribution in [3.63, 3.8) is 0 Å². The molecule has 1 saturated carbocycles. The number of thioether (sulfide) groups is 1.